The third-order valence-corrected chi connectivity index (χ3v) is 6.47. The van der Waals surface area contributed by atoms with Gasteiger partial charge in [-0.3, -0.25) is 9.69 Å². The van der Waals surface area contributed by atoms with E-state index in [9.17, 15) is 4.79 Å². The van der Waals surface area contributed by atoms with Gasteiger partial charge in [0.25, 0.3) is 0 Å². The molecule has 5 nitrogen and oxygen atoms in total. The maximum absolute atomic E-state index is 12.1. The molecular weight excluding hydrogens is 376 g/mol. The van der Waals surface area contributed by atoms with E-state index < -0.39 is 0 Å². The maximum Gasteiger partial charge on any atom is 0.240 e. The van der Waals surface area contributed by atoms with Crippen LogP contribution in [0.2, 0.25) is 5.02 Å². The van der Waals surface area contributed by atoms with Crippen LogP contribution < -0.4 is 5.32 Å². The highest BCUT2D eigenvalue weighted by Gasteiger charge is 2.24. The molecule has 0 atom stereocenters. The van der Waals surface area contributed by atoms with Gasteiger partial charge in [-0.2, -0.15) is 0 Å². The van der Waals surface area contributed by atoms with Gasteiger partial charge in [0, 0.05) is 22.5 Å². The molecule has 1 aliphatic rings. The van der Waals surface area contributed by atoms with Crippen LogP contribution in [0.5, 0.6) is 0 Å². The smallest absolute Gasteiger partial charge is 0.240 e. The first-order valence-electron chi connectivity index (χ1n) is 8.15. The van der Waals surface area contributed by atoms with Crippen molar-refractivity contribution in [3.05, 3.63) is 39.8 Å². The number of hydrogen-bond donors (Lipinski definition) is 1. The molecule has 130 valence electrons. The van der Waals surface area contributed by atoms with E-state index >= 15 is 0 Å². The average Bonchev–Trinajstić information content (AvgIpc) is 3.24. The van der Waals surface area contributed by atoms with Gasteiger partial charge in [-0.05, 0) is 44.1 Å². The summed E-state index contributed by atoms with van der Waals surface area (Å²) in [7, 11) is 0. The van der Waals surface area contributed by atoms with E-state index in [0.717, 1.165) is 36.5 Å². The molecule has 0 bridgehead atoms. The Labute approximate surface area is 158 Å². The zero-order chi connectivity index (χ0) is 17.2. The summed E-state index contributed by atoms with van der Waals surface area (Å²) in [4.78, 5) is 23.1. The highest BCUT2D eigenvalue weighted by Crippen LogP contribution is 2.34. The van der Waals surface area contributed by atoms with Crippen LogP contribution in [-0.2, 0) is 4.79 Å². The maximum atomic E-state index is 12.1. The van der Waals surface area contributed by atoms with Crippen LogP contribution >= 0.6 is 34.3 Å². The second-order valence-electron chi connectivity index (χ2n) is 6.10. The third-order valence-electron chi connectivity index (χ3n) is 4.35. The lowest BCUT2D eigenvalue weighted by Crippen LogP contribution is -2.38. The van der Waals surface area contributed by atoms with Crippen LogP contribution in [0.25, 0.3) is 10.2 Å². The molecule has 0 aliphatic carbocycles. The number of amides is 1. The van der Waals surface area contributed by atoms with Crippen molar-refractivity contribution in [1.29, 1.82) is 0 Å². The Balaban J connectivity index is 1.33. The molecule has 0 spiro atoms. The first-order valence-corrected chi connectivity index (χ1v) is 10.2. The number of carbonyl (C=O) groups is 1. The summed E-state index contributed by atoms with van der Waals surface area (Å²) in [5.41, 5.74) is 0.984. The summed E-state index contributed by atoms with van der Waals surface area (Å²) >= 11 is 9.24. The normalized spacial score (nSPS) is 16.4. The van der Waals surface area contributed by atoms with E-state index in [-0.39, 0.29) is 5.91 Å². The van der Waals surface area contributed by atoms with Crippen LogP contribution in [0, 0.1) is 0 Å². The lowest BCUT2D eigenvalue weighted by Gasteiger charge is -2.30. The Hall–Kier alpha value is -1.54. The van der Waals surface area contributed by atoms with Gasteiger partial charge in [0.15, 0.2) is 5.13 Å². The highest BCUT2D eigenvalue weighted by atomic mass is 35.5. The van der Waals surface area contributed by atoms with Gasteiger partial charge < -0.3 is 5.32 Å². The van der Waals surface area contributed by atoms with E-state index in [1.165, 1.54) is 21.0 Å². The number of rotatable bonds is 4. The van der Waals surface area contributed by atoms with Gasteiger partial charge in [-0.15, -0.1) is 22.7 Å². The van der Waals surface area contributed by atoms with Crippen LogP contribution in [0.1, 0.15) is 23.8 Å². The first kappa shape index (κ1) is 16.9. The van der Waals surface area contributed by atoms with Gasteiger partial charge >= 0.3 is 0 Å². The molecule has 2 aromatic heterocycles. The number of hydrogen-bond acceptors (Lipinski definition) is 6. The molecule has 1 aromatic carbocycles. The summed E-state index contributed by atoms with van der Waals surface area (Å²) in [5, 5.41) is 7.26. The molecule has 3 aromatic rings. The lowest BCUT2D eigenvalue weighted by atomic mass is 9.97. The molecule has 0 saturated carbocycles. The summed E-state index contributed by atoms with van der Waals surface area (Å²) in [5.74, 6) is 0.470. The van der Waals surface area contributed by atoms with Crippen molar-refractivity contribution in [3.8, 4) is 0 Å². The molecule has 1 fully saturated rings. The monoisotopic (exact) mass is 392 g/mol. The van der Waals surface area contributed by atoms with Crippen molar-refractivity contribution in [2.45, 2.75) is 18.8 Å². The number of benzene rings is 1. The minimum Gasteiger partial charge on any atom is -0.301 e. The zero-order valence-electron chi connectivity index (χ0n) is 13.4. The molecule has 1 amide bonds. The molecule has 1 saturated heterocycles. The van der Waals surface area contributed by atoms with Crippen molar-refractivity contribution >= 4 is 55.5 Å². The molecule has 3 heterocycles. The van der Waals surface area contributed by atoms with Crippen molar-refractivity contribution < 1.29 is 4.79 Å². The second-order valence-corrected chi connectivity index (χ2v) is 8.49. The van der Waals surface area contributed by atoms with E-state index in [1.807, 2.05) is 23.6 Å². The summed E-state index contributed by atoms with van der Waals surface area (Å²) in [6.07, 6.45) is 3.74. The fraction of sp³-hybridized carbons (Fsp3) is 0.353. The molecule has 0 unspecified atom stereocenters. The standard InChI is InChI=1S/C17H17ClN4OS2/c18-12-1-2-14-13(9-12)20-16(25-14)11-3-6-22(7-4-11)10-15(23)21-17-19-5-8-24-17/h1-2,5,8-9,11H,3-4,6-7,10H2,(H,19,21,23). The van der Waals surface area contributed by atoms with Crippen molar-refractivity contribution in [2.24, 2.45) is 0 Å². The van der Waals surface area contributed by atoms with Gasteiger partial charge in [0.05, 0.1) is 21.8 Å². The Morgan fingerprint density at radius 1 is 1.36 bits per heavy atom. The van der Waals surface area contributed by atoms with E-state index in [2.05, 4.69) is 15.2 Å². The number of nitrogens with zero attached hydrogens (tertiary/aromatic N) is 3. The molecule has 1 aliphatic heterocycles. The third kappa shape index (κ3) is 4.00. The van der Waals surface area contributed by atoms with Crippen LogP contribution in [-0.4, -0.2) is 40.4 Å². The minimum atomic E-state index is 0.00280. The fourth-order valence-corrected chi connectivity index (χ4v) is 4.91. The number of carbonyl (C=O) groups excluding carboxylic acids is 1. The van der Waals surface area contributed by atoms with Gasteiger partial charge in [-0.1, -0.05) is 11.6 Å². The zero-order valence-corrected chi connectivity index (χ0v) is 15.8. The number of anilines is 1. The number of likely N-dealkylation sites (tertiary alicyclic amines) is 1. The van der Waals surface area contributed by atoms with Crippen LogP contribution in [0.15, 0.2) is 29.8 Å². The molecule has 25 heavy (non-hydrogen) atoms. The molecule has 4 rings (SSSR count). The van der Waals surface area contributed by atoms with E-state index in [1.54, 1.807) is 17.5 Å². The Bertz CT molecular complexity index is 872. The number of aromatic nitrogens is 2. The van der Waals surface area contributed by atoms with Gasteiger partial charge in [0.2, 0.25) is 5.91 Å². The molecule has 0 radical (unpaired) electrons. The first-order chi connectivity index (χ1) is 12.2. The average molecular weight is 393 g/mol. The van der Waals surface area contributed by atoms with Gasteiger partial charge in [0.1, 0.15) is 0 Å². The highest BCUT2D eigenvalue weighted by molar-refractivity contribution is 7.18. The fourth-order valence-electron chi connectivity index (χ4n) is 3.08. The predicted molar refractivity (Wildman–Crippen MR) is 104 cm³/mol. The van der Waals surface area contributed by atoms with E-state index in [0.29, 0.717) is 17.6 Å². The second kappa shape index (κ2) is 7.37. The molecular formula is C17H17ClN4OS2. The quantitative estimate of drug-likeness (QED) is 0.722. The van der Waals surface area contributed by atoms with Crippen molar-refractivity contribution in [1.82, 2.24) is 14.9 Å². The molecule has 1 N–H and O–H groups in total. The number of thiazole rings is 2. The summed E-state index contributed by atoms with van der Waals surface area (Å²) in [6, 6.07) is 5.88. The number of nitrogens with one attached hydrogen (secondary N) is 1. The largest absolute Gasteiger partial charge is 0.301 e. The number of piperidine rings is 1. The lowest BCUT2D eigenvalue weighted by molar-refractivity contribution is -0.117. The topological polar surface area (TPSA) is 58.1 Å². The Kier molecular flexibility index (Phi) is 4.98. The predicted octanol–water partition coefficient (Wildman–Crippen LogP) is 4.22. The SMILES string of the molecule is O=C(CN1CCC(c2nc3cc(Cl)ccc3s2)CC1)Nc1nccs1. The van der Waals surface area contributed by atoms with Crippen LogP contribution in [0.4, 0.5) is 5.13 Å². The molecule has 8 heteroatoms. The summed E-state index contributed by atoms with van der Waals surface area (Å²) < 4.78 is 1.18. The summed E-state index contributed by atoms with van der Waals surface area (Å²) in [6.45, 7) is 2.24. The van der Waals surface area contributed by atoms with E-state index in [4.69, 9.17) is 16.6 Å². The Morgan fingerprint density at radius 2 is 2.20 bits per heavy atom. The van der Waals surface area contributed by atoms with Crippen LogP contribution in [0.3, 0.4) is 0 Å². The minimum absolute atomic E-state index is 0.00280. The van der Waals surface area contributed by atoms with Crippen molar-refractivity contribution in [3.63, 3.8) is 0 Å². The number of fused-ring (bicyclic) bond motifs is 1. The number of halogens is 1. The Morgan fingerprint density at radius 3 is 2.96 bits per heavy atom. The van der Waals surface area contributed by atoms with Crippen molar-refractivity contribution in [2.75, 3.05) is 25.0 Å². The van der Waals surface area contributed by atoms with Gasteiger partial charge in [-0.25, -0.2) is 9.97 Å².